The Morgan fingerprint density at radius 2 is 1.74 bits per heavy atom. The number of hydrogen-bond acceptors (Lipinski definition) is 2. The average Bonchev–Trinajstić information content (AvgIpc) is 2.39. The molecule has 1 aromatic rings. The second kappa shape index (κ2) is 5.75. The molecule has 106 valence electrons. The molecule has 1 aliphatic heterocycles. The van der Waals surface area contributed by atoms with E-state index in [-0.39, 0.29) is 6.04 Å². The third kappa shape index (κ3) is 2.67. The Morgan fingerprint density at radius 1 is 1.11 bits per heavy atom. The molecule has 0 aliphatic carbocycles. The minimum atomic E-state index is -1.59. The van der Waals surface area contributed by atoms with Gasteiger partial charge in [0, 0.05) is 12.6 Å². The Balaban J connectivity index is 2.43. The highest BCUT2D eigenvalue weighted by molar-refractivity contribution is 5.50. The van der Waals surface area contributed by atoms with Crippen molar-refractivity contribution in [2.24, 2.45) is 0 Å². The second-order valence-electron chi connectivity index (χ2n) is 4.80. The first-order valence-corrected chi connectivity index (χ1v) is 6.52. The number of pyridine rings is 1. The summed E-state index contributed by atoms with van der Waals surface area (Å²) in [6, 6.07) is -0.0797. The van der Waals surface area contributed by atoms with Crippen molar-refractivity contribution in [3.8, 4) is 0 Å². The van der Waals surface area contributed by atoms with Gasteiger partial charge in [-0.2, -0.15) is 22.5 Å². The number of piperidine rings is 1. The van der Waals surface area contributed by atoms with Gasteiger partial charge in [-0.15, -0.1) is 0 Å². The highest BCUT2D eigenvalue weighted by Gasteiger charge is 2.30. The van der Waals surface area contributed by atoms with Gasteiger partial charge in [0.25, 0.3) is 11.9 Å². The van der Waals surface area contributed by atoms with Gasteiger partial charge in [-0.25, -0.2) is 0 Å². The predicted octanol–water partition coefficient (Wildman–Crippen LogP) is 3.80. The summed E-state index contributed by atoms with van der Waals surface area (Å²) >= 11 is 0. The molecule has 0 N–H and O–H groups in total. The summed E-state index contributed by atoms with van der Waals surface area (Å²) in [6.45, 7) is 2.37. The van der Waals surface area contributed by atoms with Crippen molar-refractivity contribution in [3.05, 3.63) is 23.5 Å². The van der Waals surface area contributed by atoms with Gasteiger partial charge in [-0.05, 0) is 25.7 Å². The Hall–Kier alpha value is -1.33. The lowest BCUT2D eigenvalue weighted by Gasteiger charge is -2.37. The summed E-state index contributed by atoms with van der Waals surface area (Å²) in [5, 5.41) is 0. The Bertz CT molecular complexity index is 436. The summed E-state index contributed by atoms with van der Waals surface area (Å²) in [5.41, 5.74) is -0.608. The monoisotopic (exact) mass is 276 g/mol. The quantitative estimate of drug-likeness (QED) is 0.616. The Kier molecular flexibility index (Phi) is 4.27. The summed E-state index contributed by atoms with van der Waals surface area (Å²) in [7, 11) is 0. The number of anilines is 1. The van der Waals surface area contributed by atoms with Crippen LogP contribution in [0.25, 0.3) is 0 Å². The van der Waals surface area contributed by atoms with Gasteiger partial charge in [0.2, 0.25) is 11.6 Å². The van der Waals surface area contributed by atoms with Crippen molar-refractivity contribution < 1.29 is 17.6 Å². The van der Waals surface area contributed by atoms with Crippen LogP contribution in [0.2, 0.25) is 0 Å². The molecule has 0 radical (unpaired) electrons. The van der Waals surface area contributed by atoms with Gasteiger partial charge in [0.15, 0.2) is 0 Å². The molecule has 1 aromatic heterocycles. The molecule has 2 rings (SSSR count). The van der Waals surface area contributed by atoms with Crippen molar-refractivity contribution in [2.45, 2.75) is 45.1 Å². The van der Waals surface area contributed by atoms with E-state index in [9.17, 15) is 17.6 Å². The molecule has 0 aromatic carbocycles. The predicted molar refractivity (Wildman–Crippen MR) is 64.0 cm³/mol. The molecule has 0 bridgehead atoms. The van der Waals surface area contributed by atoms with Crippen molar-refractivity contribution in [3.63, 3.8) is 0 Å². The zero-order valence-electron chi connectivity index (χ0n) is 10.7. The molecule has 0 amide bonds. The molecule has 1 atom stereocenters. The van der Waals surface area contributed by atoms with Gasteiger partial charge in [-0.1, -0.05) is 13.3 Å². The number of rotatable bonds is 3. The van der Waals surface area contributed by atoms with E-state index in [2.05, 4.69) is 4.98 Å². The fourth-order valence-electron chi connectivity index (χ4n) is 2.66. The van der Waals surface area contributed by atoms with Crippen molar-refractivity contribution >= 4 is 5.69 Å². The molecule has 2 heterocycles. The van der Waals surface area contributed by atoms with Crippen LogP contribution in [0, 0.1) is 23.5 Å². The molecule has 2 nitrogen and oxygen atoms in total. The SMILES string of the molecule is CCCC1CCCCN1c1c(F)c(F)nc(F)c1F. The van der Waals surface area contributed by atoms with Crippen LogP contribution in [-0.2, 0) is 0 Å². The third-order valence-corrected chi connectivity index (χ3v) is 3.51. The van der Waals surface area contributed by atoms with E-state index in [0.717, 1.165) is 32.1 Å². The Labute approximate surface area is 109 Å². The standard InChI is InChI=1S/C13H16F4N2/c1-2-5-8-6-3-4-7-19(8)11-9(14)12(16)18-13(17)10(11)15/h8H,2-7H2,1H3. The normalized spacial score (nSPS) is 19.8. The molecule has 1 saturated heterocycles. The number of halogens is 4. The van der Waals surface area contributed by atoms with E-state index in [1.54, 1.807) is 0 Å². The van der Waals surface area contributed by atoms with Gasteiger partial charge in [-0.3, -0.25) is 0 Å². The number of aromatic nitrogens is 1. The van der Waals surface area contributed by atoms with Crippen LogP contribution < -0.4 is 4.90 Å². The fraction of sp³-hybridized carbons (Fsp3) is 0.615. The second-order valence-corrected chi connectivity index (χ2v) is 4.80. The van der Waals surface area contributed by atoms with E-state index in [4.69, 9.17) is 0 Å². The van der Waals surface area contributed by atoms with Crippen LogP contribution in [0.4, 0.5) is 23.2 Å². The molecule has 0 saturated carbocycles. The largest absolute Gasteiger partial charge is 0.364 e. The van der Waals surface area contributed by atoms with Crippen LogP contribution in [-0.4, -0.2) is 17.6 Å². The highest BCUT2D eigenvalue weighted by atomic mass is 19.2. The first-order valence-electron chi connectivity index (χ1n) is 6.52. The average molecular weight is 276 g/mol. The molecular formula is C13H16F4N2. The smallest absolute Gasteiger partial charge is 0.253 e. The summed E-state index contributed by atoms with van der Waals surface area (Å²) in [6.07, 6.45) is 4.08. The van der Waals surface area contributed by atoms with Crippen molar-refractivity contribution in [2.75, 3.05) is 11.4 Å². The Morgan fingerprint density at radius 3 is 2.32 bits per heavy atom. The van der Waals surface area contributed by atoms with Crippen LogP contribution in [0.15, 0.2) is 0 Å². The van der Waals surface area contributed by atoms with Crippen molar-refractivity contribution in [1.82, 2.24) is 4.98 Å². The van der Waals surface area contributed by atoms with Gasteiger partial charge < -0.3 is 4.90 Å². The molecule has 0 spiro atoms. The maximum atomic E-state index is 13.8. The lowest BCUT2D eigenvalue weighted by Crippen LogP contribution is -2.41. The molecular weight excluding hydrogens is 260 g/mol. The zero-order chi connectivity index (χ0) is 14.0. The fourth-order valence-corrected chi connectivity index (χ4v) is 2.66. The molecule has 1 aliphatic rings. The topological polar surface area (TPSA) is 16.1 Å². The van der Waals surface area contributed by atoms with E-state index in [0.29, 0.717) is 6.54 Å². The van der Waals surface area contributed by atoms with Gasteiger partial charge >= 0.3 is 0 Å². The van der Waals surface area contributed by atoms with E-state index < -0.39 is 29.2 Å². The number of nitrogens with zero attached hydrogens (tertiary/aromatic N) is 2. The maximum Gasteiger partial charge on any atom is 0.253 e. The van der Waals surface area contributed by atoms with Gasteiger partial charge in [0.05, 0.1) is 0 Å². The molecule has 6 heteroatoms. The minimum Gasteiger partial charge on any atom is -0.364 e. The first kappa shape index (κ1) is 14.1. The molecule has 1 fully saturated rings. The third-order valence-electron chi connectivity index (χ3n) is 3.51. The lowest BCUT2D eigenvalue weighted by atomic mass is 9.97. The first-order chi connectivity index (χ1) is 9.06. The van der Waals surface area contributed by atoms with E-state index in [1.165, 1.54) is 4.90 Å². The summed E-state index contributed by atoms with van der Waals surface area (Å²) in [5.74, 6) is -5.98. The number of hydrogen-bond donors (Lipinski definition) is 0. The molecule has 19 heavy (non-hydrogen) atoms. The van der Waals surface area contributed by atoms with Crippen LogP contribution in [0.5, 0.6) is 0 Å². The minimum absolute atomic E-state index is 0.0797. The van der Waals surface area contributed by atoms with Crippen LogP contribution in [0.3, 0.4) is 0 Å². The van der Waals surface area contributed by atoms with Crippen molar-refractivity contribution in [1.29, 1.82) is 0 Å². The zero-order valence-corrected chi connectivity index (χ0v) is 10.7. The van der Waals surface area contributed by atoms with Gasteiger partial charge in [0.1, 0.15) is 5.69 Å². The van der Waals surface area contributed by atoms with Crippen LogP contribution >= 0.6 is 0 Å². The lowest BCUT2D eigenvalue weighted by molar-refractivity contribution is 0.382. The maximum absolute atomic E-state index is 13.8. The van der Waals surface area contributed by atoms with Crippen LogP contribution in [0.1, 0.15) is 39.0 Å². The van der Waals surface area contributed by atoms with E-state index >= 15 is 0 Å². The summed E-state index contributed by atoms with van der Waals surface area (Å²) in [4.78, 5) is 4.04. The van der Waals surface area contributed by atoms with E-state index in [1.807, 2.05) is 6.92 Å². The molecule has 1 unspecified atom stereocenters. The highest BCUT2D eigenvalue weighted by Crippen LogP contribution is 2.32. The summed E-state index contributed by atoms with van der Waals surface area (Å²) < 4.78 is 53.8.